The Hall–Kier alpha value is -0.870. The lowest BCUT2D eigenvalue weighted by Crippen LogP contribution is -2.22. The molecule has 0 saturated heterocycles. The van der Waals surface area contributed by atoms with Crippen molar-refractivity contribution < 1.29 is 4.79 Å². The van der Waals surface area contributed by atoms with E-state index in [4.69, 9.17) is 34.8 Å². The van der Waals surface area contributed by atoms with Gasteiger partial charge in [0.25, 0.3) is 0 Å². The van der Waals surface area contributed by atoms with Crippen LogP contribution in [0.2, 0.25) is 15.1 Å². The van der Waals surface area contributed by atoms with E-state index in [0.717, 1.165) is 22.6 Å². The number of benzene rings is 2. The van der Waals surface area contributed by atoms with Gasteiger partial charge >= 0.3 is 0 Å². The lowest BCUT2D eigenvalue weighted by atomic mass is 10.2. The highest BCUT2D eigenvalue weighted by molar-refractivity contribution is 7.98. The first kappa shape index (κ1) is 18.5. The summed E-state index contributed by atoms with van der Waals surface area (Å²) in [6.07, 6.45) is 0.486. The van der Waals surface area contributed by atoms with Crippen molar-refractivity contribution in [3.05, 3.63) is 68.7 Å². The predicted molar refractivity (Wildman–Crippen MR) is 101 cm³/mol. The molecule has 122 valence electrons. The molecule has 1 N–H and O–H groups in total. The number of thioether (sulfide) groups is 1. The summed E-state index contributed by atoms with van der Waals surface area (Å²) in [6.45, 7) is 0.521. The molecule has 0 aliphatic rings. The number of hydrogen-bond acceptors (Lipinski definition) is 2. The molecule has 0 aliphatic carbocycles. The van der Waals surface area contributed by atoms with E-state index in [1.807, 2.05) is 36.4 Å². The summed E-state index contributed by atoms with van der Waals surface area (Å²) in [4.78, 5) is 11.8. The van der Waals surface area contributed by atoms with Crippen LogP contribution in [0.25, 0.3) is 0 Å². The molecule has 6 heteroatoms. The van der Waals surface area contributed by atoms with Crippen LogP contribution in [0, 0.1) is 0 Å². The standard InChI is InChI=1S/C17H16Cl3NOS/c18-14-4-1-12(2-5-14)10-21-17(22)7-8-23-11-13-3-6-15(19)16(20)9-13/h1-6,9H,7-8,10-11H2,(H,21,22). The van der Waals surface area contributed by atoms with E-state index in [1.165, 1.54) is 0 Å². The van der Waals surface area contributed by atoms with Gasteiger partial charge in [0, 0.05) is 29.5 Å². The Kier molecular flexibility index (Phi) is 7.57. The van der Waals surface area contributed by atoms with Crippen LogP contribution in [0.5, 0.6) is 0 Å². The zero-order chi connectivity index (χ0) is 16.7. The lowest BCUT2D eigenvalue weighted by Gasteiger charge is -2.06. The highest BCUT2D eigenvalue weighted by Crippen LogP contribution is 2.24. The van der Waals surface area contributed by atoms with Gasteiger partial charge < -0.3 is 5.32 Å². The van der Waals surface area contributed by atoms with Crippen molar-refractivity contribution in [1.82, 2.24) is 5.32 Å². The minimum Gasteiger partial charge on any atom is -0.352 e. The molecule has 2 rings (SSSR count). The number of halogens is 3. The van der Waals surface area contributed by atoms with Crippen LogP contribution in [-0.2, 0) is 17.1 Å². The van der Waals surface area contributed by atoms with E-state index in [1.54, 1.807) is 17.8 Å². The van der Waals surface area contributed by atoms with Crippen molar-refractivity contribution in [1.29, 1.82) is 0 Å². The Bertz CT molecular complexity index is 661. The average molecular weight is 389 g/mol. The second kappa shape index (κ2) is 9.43. The van der Waals surface area contributed by atoms with Crippen molar-refractivity contribution in [2.45, 2.75) is 18.7 Å². The van der Waals surface area contributed by atoms with Gasteiger partial charge in [-0.05, 0) is 35.4 Å². The Morgan fingerprint density at radius 1 is 0.957 bits per heavy atom. The van der Waals surface area contributed by atoms with Crippen molar-refractivity contribution in [3.8, 4) is 0 Å². The first-order valence-corrected chi connectivity index (χ1v) is 9.36. The zero-order valence-electron chi connectivity index (χ0n) is 12.3. The summed E-state index contributed by atoms with van der Waals surface area (Å²) >= 11 is 19.4. The molecule has 0 fully saturated rings. The average Bonchev–Trinajstić information content (AvgIpc) is 2.54. The van der Waals surface area contributed by atoms with Crippen LogP contribution < -0.4 is 5.32 Å². The number of carbonyl (C=O) groups excluding carboxylic acids is 1. The number of amides is 1. The van der Waals surface area contributed by atoms with Gasteiger partial charge in [-0.25, -0.2) is 0 Å². The van der Waals surface area contributed by atoms with E-state index in [0.29, 0.717) is 28.0 Å². The second-order valence-electron chi connectivity index (χ2n) is 4.95. The maximum atomic E-state index is 11.8. The molecule has 0 bridgehead atoms. The summed E-state index contributed by atoms with van der Waals surface area (Å²) < 4.78 is 0. The Labute approximate surface area is 155 Å². The smallest absolute Gasteiger partial charge is 0.221 e. The lowest BCUT2D eigenvalue weighted by molar-refractivity contribution is -0.120. The number of rotatable bonds is 7. The van der Waals surface area contributed by atoms with Crippen LogP contribution >= 0.6 is 46.6 Å². The summed E-state index contributed by atoms with van der Waals surface area (Å²) in [5, 5.41) is 4.71. The Morgan fingerprint density at radius 3 is 2.35 bits per heavy atom. The third-order valence-electron chi connectivity index (χ3n) is 3.13. The van der Waals surface area contributed by atoms with Gasteiger partial charge in [-0.3, -0.25) is 4.79 Å². The highest BCUT2D eigenvalue weighted by Gasteiger charge is 2.03. The molecule has 0 unspecified atom stereocenters. The van der Waals surface area contributed by atoms with E-state index in [9.17, 15) is 4.79 Å². The molecule has 0 aliphatic heterocycles. The minimum absolute atomic E-state index is 0.0431. The maximum absolute atomic E-state index is 11.8. The van der Waals surface area contributed by atoms with Crippen LogP contribution in [0.3, 0.4) is 0 Å². The predicted octanol–water partition coefficient (Wildman–Crippen LogP) is 5.59. The third-order valence-corrected chi connectivity index (χ3v) is 5.15. The van der Waals surface area contributed by atoms with Gasteiger partial charge in [-0.2, -0.15) is 11.8 Å². The molecule has 0 spiro atoms. The van der Waals surface area contributed by atoms with Crippen molar-refractivity contribution in [3.63, 3.8) is 0 Å². The fourth-order valence-corrected chi connectivity index (χ4v) is 3.21. The van der Waals surface area contributed by atoms with E-state index >= 15 is 0 Å². The number of carbonyl (C=O) groups is 1. The van der Waals surface area contributed by atoms with E-state index in [-0.39, 0.29) is 5.91 Å². The quantitative estimate of drug-likeness (QED) is 0.627. The first-order chi connectivity index (χ1) is 11.0. The van der Waals surface area contributed by atoms with Crippen molar-refractivity contribution >= 4 is 52.5 Å². The molecule has 2 aromatic carbocycles. The Balaban J connectivity index is 1.64. The van der Waals surface area contributed by atoms with Crippen LogP contribution in [0.4, 0.5) is 0 Å². The molecule has 23 heavy (non-hydrogen) atoms. The molecule has 0 aromatic heterocycles. The van der Waals surface area contributed by atoms with Crippen LogP contribution in [0.15, 0.2) is 42.5 Å². The fraction of sp³-hybridized carbons (Fsp3) is 0.235. The topological polar surface area (TPSA) is 29.1 Å². The maximum Gasteiger partial charge on any atom is 0.221 e. The molecule has 2 nitrogen and oxygen atoms in total. The molecule has 0 heterocycles. The third kappa shape index (κ3) is 6.64. The summed E-state index contributed by atoms with van der Waals surface area (Å²) in [5.74, 6) is 1.61. The Morgan fingerprint density at radius 2 is 1.65 bits per heavy atom. The minimum atomic E-state index is 0.0431. The molecule has 0 saturated carbocycles. The molecule has 0 atom stereocenters. The monoisotopic (exact) mass is 387 g/mol. The number of nitrogens with one attached hydrogen (secondary N) is 1. The first-order valence-electron chi connectivity index (χ1n) is 7.07. The van der Waals surface area contributed by atoms with Crippen LogP contribution in [0.1, 0.15) is 17.5 Å². The normalized spacial score (nSPS) is 10.6. The molecular formula is C17H16Cl3NOS. The van der Waals surface area contributed by atoms with E-state index in [2.05, 4.69) is 5.32 Å². The van der Waals surface area contributed by atoms with Crippen molar-refractivity contribution in [2.24, 2.45) is 0 Å². The highest BCUT2D eigenvalue weighted by atomic mass is 35.5. The van der Waals surface area contributed by atoms with E-state index < -0.39 is 0 Å². The summed E-state index contributed by atoms with van der Waals surface area (Å²) in [6, 6.07) is 13.0. The summed E-state index contributed by atoms with van der Waals surface area (Å²) in [5.41, 5.74) is 2.14. The molecular weight excluding hydrogens is 373 g/mol. The molecule has 1 amide bonds. The van der Waals surface area contributed by atoms with Gasteiger partial charge in [0.15, 0.2) is 0 Å². The molecule has 2 aromatic rings. The second-order valence-corrected chi connectivity index (χ2v) is 7.31. The van der Waals surface area contributed by atoms with Gasteiger partial charge in [-0.1, -0.05) is 53.0 Å². The van der Waals surface area contributed by atoms with Gasteiger partial charge in [0.2, 0.25) is 5.91 Å². The zero-order valence-corrected chi connectivity index (χ0v) is 15.4. The van der Waals surface area contributed by atoms with Gasteiger partial charge in [0.05, 0.1) is 10.0 Å². The SMILES string of the molecule is O=C(CCSCc1ccc(Cl)c(Cl)c1)NCc1ccc(Cl)cc1. The van der Waals surface area contributed by atoms with Crippen molar-refractivity contribution in [2.75, 3.05) is 5.75 Å². The summed E-state index contributed by atoms with van der Waals surface area (Å²) in [7, 11) is 0. The largest absolute Gasteiger partial charge is 0.352 e. The van der Waals surface area contributed by atoms with Crippen LogP contribution in [-0.4, -0.2) is 11.7 Å². The number of hydrogen-bond donors (Lipinski definition) is 1. The molecule has 0 radical (unpaired) electrons. The van der Waals surface area contributed by atoms with Gasteiger partial charge in [-0.15, -0.1) is 0 Å². The van der Waals surface area contributed by atoms with Gasteiger partial charge in [0.1, 0.15) is 0 Å². The fourth-order valence-electron chi connectivity index (χ4n) is 1.88.